The van der Waals surface area contributed by atoms with E-state index in [2.05, 4.69) is 4.90 Å². The van der Waals surface area contributed by atoms with E-state index in [1.807, 2.05) is 0 Å². The highest BCUT2D eigenvalue weighted by molar-refractivity contribution is 5.92. The first-order valence-corrected chi connectivity index (χ1v) is 6.98. The zero-order valence-electron chi connectivity index (χ0n) is 11.5. The minimum Gasteiger partial charge on any atom is -0.493 e. The number of hydrogen-bond acceptors (Lipinski definition) is 4. The molecule has 3 saturated heterocycles. The third-order valence-electron chi connectivity index (χ3n) is 4.29. The quantitative estimate of drug-likeness (QED) is 0.910. The summed E-state index contributed by atoms with van der Waals surface area (Å²) >= 11 is 0. The van der Waals surface area contributed by atoms with E-state index in [4.69, 9.17) is 9.47 Å². The number of aromatic carboxylic acids is 1. The fourth-order valence-corrected chi connectivity index (χ4v) is 3.16. The summed E-state index contributed by atoms with van der Waals surface area (Å²) in [7, 11) is 1.53. The molecular formula is C15H19NO4. The molecule has 0 aromatic heterocycles. The molecule has 1 aromatic carbocycles. The van der Waals surface area contributed by atoms with Gasteiger partial charge in [-0.2, -0.15) is 0 Å². The Hall–Kier alpha value is -1.75. The van der Waals surface area contributed by atoms with Crippen LogP contribution in [0.15, 0.2) is 18.2 Å². The second-order valence-electron chi connectivity index (χ2n) is 5.44. The Morgan fingerprint density at radius 1 is 1.35 bits per heavy atom. The van der Waals surface area contributed by atoms with Gasteiger partial charge in [-0.05, 0) is 44.0 Å². The molecule has 1 aromatic rings. The van der Waals surface area contributed by atoms with Crippen molar-refractivity contribution in [2.75, 3.05) is 26.7 Å². The Morgan fingerprint density at radius 2 is 2.10 bits per heavy atom. The topological polar surface area (TPSA) is 59.0 Å². The van der Waals surface area contributed by atoms with Crippen LogP contribution in [0.25, 0.3) is 0 Å². The van der Waals surface area contributed by atoms with Crippen molar-refractivity contribution in [3.63, 3.8) is 0 Å². The number of ether oxygens (including phenoxy) is 2. The SMILES string of the molecule is COc1cccc(C(=O)O)c1OC1CN2CCC1CC2. The van der Waals surface area contributed by atoms with E-state index in [9.17, 15) is 9.90 Å². The van der Waals surface area contributed by atoms with Crippen molar-refractivity contribution in [3.05, 3.63) is 23.8 Å². The molecule has 1 unspecified atom stereocenters. The number of carboxylic acids is 1. The van der Waals surface area contributed by atoms with Gasteiger partial charge < -0.3 is 14.6 Å². The molecule has 20 heavy (non-hydrogen) atoms. The van der Waals surface area contributed by atoms with E-state index in [1.54, 1.807) is 18.2 Å². The molecule has 0 radical (unpaired) electrons. The van der Waals surface area contributed by atoms with Crippen LogP contribution < -0.4 is 9.47 Å². The summed E-state index contributed by atoms with van der Waals surface area (Å²) in [5.74, 6) is 0.384. The van der Waals surface area contributed by atoms with E-state index in [0.29, 0.717) is 17.4 Å². The van der Waals surface area contributed by atoms with Crippen LogP contribution in [-0.4, -0.2) is 48.8 Å². The van der Waals surface area contributed by atoms with Crippen molar-refractivity contribution in [1.29, 1.82) is 0 Å². The Kier molecular flexibility index (Phi) is 3.53. The normalized spacial score (nSPS) is 28.1. The van der Waals surface area contributed by atoms with E-state index in [1.165, 1.54) is 7.11 Å². The average Bonchev–Trinajstić information content (AvgIpc) is 2.48. The molecule has 4 rings (SSSR count). The summed E-state index contributed by atoms with van der Waals surface area (Å²) in [4.78, 5) is 13.7. The van der Waals surface area contributed by atoms with Crippen molar-refractivity contribution in [3.8, 4) is 11.5 Å². The molecule has 0 saturated carbocycles. The van der Waals surface area contributed by atoms with Gasteiger partial charge in [0, 0.05) is 6.54 Å². The minimum atomic E-state index is -0.986. The van der Waals surface area contributed by atoms with Crippen molar-refractivity contribution in [1.82, 2.24) is 4.90 Å². The van der Waals surface area contributed by atoms with E-state index < -0.39 is 5.97 Å². The standard InChI is InChI=1S/C15H19NO4/c1-19-12-4-2-3-11(15(17)18)14(12)20-13-9-16-7-5-10(13)6-8-16/h2-4,10,13H,5-9H2,1H3,(H,17,18). The van der Waals surface area contributed by atoms with Crippen LogP contribution in [-0.2, 0) is 0 Å². The highest BCUT2D eigenvalue weighted by Gasteiger charge is 2.36. The first-order valence-electron chi connectivity index (χ1n) is 6.98. The highest BCUT2D eigenvalue weighted by atomic mass is 16.5. The number of nitrogens with zero attached hydrogens (tertiary/aromatic N) is 1. The molecule has 3 aliphatic rings. The largest absolute Gasteiger partial charge is 0.493 e. The van der Waals surface area contributed by atoms with Gasteiger partial charge in [0.25, 0.3) is 0 Å². The van der Waals surface area contributed by atoms with Gasteiger partial charge in [0.15, 0.2) is 11.5 Å². The van der Waals surface area contributed by atoms with Gasteiger partial charge in [-0.15, -0.1) is 0 Å². The lowest BCUT2D eigenvalue weighted by atomic mass is 9.86. The van der Waals surface area contributed by atoms with Crippen molar-refractivity contribution < 1.29 is 19.4 Å². The van der Waals surface area contributed by atoms with Gasteiger partial charge in [-0.1, -0.05) is 6.07 Å². The number of fused-ring (bicyclic) bond motifs is 3. The van der Waals surface area contributed by atoms with E-state index in [0.717, 1.165) is 32.5 Å². The van der Waals surface area contributed by atoms with Crippen LogP contribution in [0.3, 0.4) is 0 Å². The number of rotatable bonds is 4. The Morgan fingerprint density at radius 3 is 2.65 bits per heavy atom. The molecular weight excluding hydrogens is 258 g/mol. The molecule has 1 N–H and O–H groups in total. The van der Waals surface area contributed by atoms with Gasteiger partial charge in [-0.25, -0.2) is 4.79 Å². The van der Waals surface area contributed by atoms with Crippen LogP contribution in [0.5, 0.6) is 11.5 Å². The molecule has 108 valence electrons. The lowest BCUT2D eigenvalue weighted by Gasteiger charge is -2.44. The van der Waals surface area contributed by atoms with Gasteiger partial charge in [0.1, 0.15) is 11.7 Å². The zero-order chi connectivity index (χ0) is 14.1. The van der Waals surface area contributed by atoms with E-state index >= 15 is 0 Å². The third kappa shape index (κ3) is 2.33. The fraction of sp³-hybridized carbons (Fsp3) is 0.533. The summed E-state index contributed by atoms with van der Waals surface area (Å²) in [6.07, 6.45) is 2.32. The molecule has 1 atom stereocenters. The van der Waals surface area contributed by atoms with Crippen LogP contribution >= 0.6 is 0 Å². The maximum absolute atomic E-state index is 11.3. The number of carbonyl (C=O) groups is 1. The maximum atomic E-state index is 11.3. The molecule has 0 spiro atoms. The summed E-state index contributed by atoms with van der Waals surface area (Å²) in [6, 6.07) is 4.97. The lowest BCUT2D eigenvalue weighted by Crippen LogP contribution is -2.52. The van der Waals surface area contributed by atoms with Gasteiger partial charge >= 0.3 is 5.97 Å². The first kappa shape index (κ1) is 13.2. The molecule has 0 aliphatic carbocycles. The predicted octanol–water partition coefficient (Wildman–Crippen LogP) is 1.87. The predicted molar refractivity (Wildman–Crippen MR) is 73.5 cm³/mol. The summed E-state index contributed by atoms with van der Waals surface area (Å²) in [5.41, 5.74) is 0.167. The Balaban J connectivity index is 1.88. The summed E-state index contributed by atoms with van der Waals surface area (Å²) in [6.45, 7) is 3.13. The molecule has 3 fully saturated rings. The van der Waals surface area contributed by atoms with Crippen LogP contribution in [0, 0.1) is 5.92 Å². The summed E-state index contributed by atoms with van der Waals surface area (Å²) in [5, 5.41) is 9.30. The summed E-state index contributed by atoms with van der Waals surface area (Å²) < 4.78 is 11.3. The molecule has 0 amide bonds. The highest BCUT2D eigenvalue weighted by Crippen LogP contribution is 2.36. The molecule has 3 aliphatic heterocycles. The number of hydrogen-bond donors (Lipinski definition) is 1. The van der Waals surface area contributed by atoms with Crippen LogP contribution in [0.2, 0.25) is 0 Å². The van der Waals surface area contributed by atoms with E-state index in [-0.39, 0.29) is 11.7 Å². The number of piperidine rings is 3. The van der Waals surface area contributed by atoms with Crippen molar-refractivity contribution >= 4 is 5.97 Å². The van der Waals surface area contributed by atoms with Gasteiger partial charge in [0.2, 0.25) is 0 Å². The lowest BCUT2D eigenvalue weighted by molar-refractivity contribution is -0.00943. The minimum absolute atomic E-state index is 0.0619. The fourth-order valence-electron chi connectivity index (χ4n) is 3.16. The molecule has 5 nitrogen and oxygen atoms in total. The van der Waals surface area contributed by atoms with Gasteiger partial charge in [-0.3, -0.25) is 4.90 Å². The smallest absolute Gasteiger partial charge is 0.339 e. The number of benzene rings is 1. The van der Waals surface area contributed by atoms with Crippen LogP contribution in [0.4, 0.5) is 0 Å². The Bertz CT molecular complexity index is 509. The number of methoxy groups -OCH3 is 1. The first-order chi connectivity index (χ1) is 9.69. The van der Waals surface area contributed by atoms with Crippen LogP contribution in [0.1, 0.15) is 23.2 Å². The average molecular weight is 277 g/mol. The third-order valence-corrected chi connectivity index (χ3v) is 4.29. The number of para-hydroxylation sites is 1. The monoisotopic (exact) mass is 277 g/mol. The van der Waals surface area contributed by atoms with Crippen molar-refractivity contribution in [2.45, 2.75) is 18.9 Å². The Labute approximate surface area is 118 Å². The molecule has 2 bridgehead atoms. The number of carboxylic acid groups (broad SMARTS) is 1. The maximum Gasteiger partial charge on any atom is 0.339 e. The van der Waals surface area contributed by atoms with Gasteiger partial charge in [0.05, 0.1) is 7.11 Å². The second-order valence-corrected chi connectivity index (χ2v) is 5.44. The zero-order valence-corrected chi connectivity index (χ0v) is 11.5. The molecule has 3 heterocycles. The molecule has 5 heteroatoms. The second kappa shape index (κ2) is 5.32. The van der Waals surface area contributed by atoms with Crippen molar-refractivity contribution in [2.24, 2.45) is 5.92 Å².